The molecule has 0 saturated heterocycles. The summed E-state index contributed by atoms with van der Waals surface area (Å²) < 4.78 is 7.13. The van der Waals surface area contributed by atoms with Crippen LogP contribution < -0.4 is 10.3 Å². The predicted octanol–water partition coefficient (Wildman–Crippen LogP) is 4.41. The highest BCUT2D eigenvalue weighted by Gasteiger charge is 2.11. The third-order valence-electron chi connectivity index (χ3n) is 4.27. The summed E-state index contributed by atoms with van der Waals surface area (Å²) in [6.07, 6.45) is 1.78. The Bertz CT molecular complexity index is 1020. The van der Waals surface area contributed by atoms with E-state index in [0.29, 0.717) is 12.2 Å². The second kappa shape index (κ2) is 7.40. The highest BCUT2D eigenvalue weighted by molar-refractivity contribution is 6.00. The predicted molar refractivity (Wildman–Crippen MR) is 103 cm³/mol. The van der Waals surface area contributed by atoms with Gasteiger partial charge < -0.3 is 4.74 Å². The van der Waals surface area contributed by atoms with Crippen molar-refractivity contribution in [1.82, 2.24) is 4.57 Å². The summed E-state index contributed by atoms with van der Waals surface area (Å²) in [5, 5.41) is 0. The Morgan fingerprint density at radius 2 is 1.85 bits per heavy atom. The molecule has 4 heteroatoms. The van der Waals surface area contributed by atoms with Crippen LogP contribution in [0.4, 0.5) is 0 Å². The number of carbonyl (C=O) groups is 1. The molecule has 4 nitrogen and oxygen atoms in total. The van der Waals surface area contributed by atoms with Crippen molar-refractivity contribution < 1.29 is 9.53 Å². The molecule has 0 bridgehead atoms. The first-order chi connectivity index (χ1) is 12.5. The quantitative estimate of drug-likeness (QED) is 0.642. The first-order valence-corrected chi connectivity index (χ1v) is 8.58. The maximum atomic E-state index is 12.4. The van der Waals surface area contributed by atoms with Crippen molar-refractivity contribution in [2.24, 2.45) is 0 Å². The third-order valence-corrected chi connectivity index (χ3v) is 4.27. The fraction of sp³-hybridized carbons (Fsp3) is 0.182. The van der Waals surface area contributed by atoms with Crippen LogP contribution in [0.15, 0.2) is 65.6 Å². The van der Waals surface area contributed by atoms with E-state index in [1.165, 1.54) is 6.07 Å². The monoisotopic (exact) mass is 347 g/mol. The molecule has 0 fully saturated rings. The van der Waals surface area contributed by atoms with Crippen LogP contribution in [0.1, 0.15) is 29.8 Å². The van der Waals surface area contributed by atoms with Crippen LogP contribution in [0.25, 0.3) is 16.8 Å². The number of aromatic nitrogens is 1. The van der Waals surface area contributed by atoms with Crippen LogP contribution in [0, 0.1) is 6.92 Å². The van der Waals surface area contributed by atoms with Crippen LogP contribution in [-0.2, 0) is 0 Å². The Hall–Kier alpha value is -3.14. The fourth-order valence-electron chi connectivity index (χ4n) is 3.03. The molecule has 0 N–H and O–H groups in total. The molecular weight excluding hydrogens is 326 g/mol. The van der Waals surface area contributed by atoms with Crippen LogP contribution >= 0.6 is 0 Å². The first kappa shape index (κ1) is 17.7. The molecule has 1 heterocycles. The minimum Gasteiger partial charge on any atom is -0.494 e. The average Bonchev–Trinajstić information content (AvgIpc) is 2.63. The minimum atomic E-state index is -0.124. The van der Waals surface area contributed by atoms with E-state index in [9.17, 15) is 9.59 Å². The van der Waals surface area contributed by atoms with E-state index in [2.05, 4.69) is 0 Å². The molecule has 2 aromatic carbocycles. The molecule has 0 aliphatic rings. The van der Waals surface area contributed by atoms with Crippen LogP contribution in [0.3, 0.4) is 0 Å². The van der Waals surface area contributed by atoms with E-state index >= 15 is 0 Å². The summed E-state index contributed by atoms with van der Waals surface area (Å²) in [6, 6.07) is 16.4. The first-order valence-electron chi connectivity index (χ1n) is 8.58. The second-order valence-corrected chi connectivity index (χ2v) is 6.11. The van der Waals surface area contributed by atoms with Gasteiger partial charge in [-0.1, -0.05) is 24.3 Å². The van der Waals surface area contributed by atoms with Gasteiger partial charge in [0.2, 0.25) is 0 Å². The van der Waals surface area contributed by atoms with Crippen LogP contribution in [0.2, 0.25) is 0 Å². The number of aryl methyl sites for hydroxylation is 1. The number of ketones is 1. The summed E-state index contributed by atoms with van der Waals surface area (Å²) in [6.45, 7) is 6.02. The van der Waals surface area contributed by atoms with E-state index in [1.54, 1.807) is 29.8 Å². The molecule has 0 atom stereocenters. The SMILES string of the molecule is CCOc1ccc(-n2cc(-c3ccccc3C(C)=O)ccc2=O)c(C)c1. The Morgan fingerprint density at radius 1 is 1.08 bits per heavy atom. The summed E-state index contributed by atoms with van der Waals surface area (Å²) >= 11 is 0. The van der Waals surface area contributed by atoms with Gasteiger partial charge in [0.05, 0.1) is 12.3 Å². The lowest BCUT2D eigenvalue weighted by molar-refractivity contribution is 0.101. The van der Waals surface area contributed by atoms with Crippen LogP contribution in [-0.4, -0.2) is 17.0 Å². The number of hydrogen-bond acceptors (Lipinski definition) is 3. The van der Waals surface area contributed by atoms with E-state index in [1.807, 2.05) is 50.2 Å². The summed E-state index contributed by atoms with van der Waals surface area (Å²) in [5.41, 5.74) is 3.89. The van der Waals surface area contributed by atoms with E-state index < -0.39 is 0 Å². The fourth-order valence-corrected chi connectivity index (χ4v) is 3.03. The van der Waals surface area contributed by atoms with Crippen molar-refractivity contribution >= 4 is 5.78 Å². The van der Waals surface area contributed by atoms with Gasteiger partial charge in [0, 0.05) is 17.8 Å². The lowest BCUT2D eigenvalue weighted by Crippen LogP contribution is -2.17. The summed E-state index contributed by atoms with van der Waals surface area (Å²) in [4.78, 5) is 24.4. The number of benzene rings is 2. The molecule has 0 unspecified atom stereocenters. The third kappa shape index (κ3) is 3.45. The van der Waals surface area contributed by atoms with Crippen molar-refractivity contribution in [1.29, 1.82) is 0 Å². The van der Waals surface area contributed by atoms with Crippen LogP contribution in [0.5, 0.6) is 5.75 Å². The second-order valence-electron chi connectivity index (χ2n) is 6.11. The van der Waals surface area contributed by atoms with Crippen molar-refractivity contribution in [2.45, 2.75) is 20.8 Å². The van der Waals surface area contributed by atoms with Crippen molar-refractivity contribution in [3.8, 4) is 22.6 Å². The molecular formula is C22H21NO3. The zero-order valence-electron chi connectivity index (χ0n) is 15.2. The number of rotatable bonds is 5. The smallest absolute Gasteiger partial charge is 0.255 e. The average molecular weight is 347 g/mol. The normalized spacial score (nSPS) is 10.6. The molecule has 132 valence electrons. The number of Topliss-reactive ketones (excluding diaryl/α,β-unsaturated/α-hetero) is 1. The van der Waals surface area contributed by atoms with Crippen molar-refractivity contribution in [2.75, 3.05) is 6.61 Å². The number of hydrogen-bond donors (Lipinski definition) is 0. The topological polar surface area (TPSA) is 48.3 Å². The zero-order chi connectivity index (χ0) is 18.7. The largest absolute Gasteiger partial charge is 0.494 e. The molecule has 26 heavy (non-hydrogen) atoms. The minimum absolute atomic E-state index is 0.00408. The Labute approximate surface area is 152 Å². The Morgan fingerprint density at radius 3 is 2.54 bits per heavy atom. The van der Waals surface area contributed by atoms with E-state index in [0.717, 1.165) is 28.1 Å². The van der Waals surface area contributed by atoms with Gasteiger partial charge >= 0.3 is 0 Å². The van der Waals surface area contributed by atoms with Gasteiger partial charge in [-0.15, -0.1) is 0 Å². The highest BCUT2D eigenvalue weighted by Crippen LogP contribution is 2.25. The van der Waals surface area contributed by atoms with Gasteiger partial charge in [-0.05, 0) is 61.7 Å². The molecule has 0 radical (unpaired) electrons. The van der Waals surface area contributed by atoms with Gasteiger partial charge in [-0.3, -0.25) is 14.2 Å². The Kier molecular flexibility index (Phi) is 5.03. The maximum absolute atomic E-state index is 12.4. The molecule has 0 aliphatic heterocycles. The van der Waals surface area contributed by atoms with Gasteiger partial charge in [0.25, 0.3) is 5.56 Å². The van der Waals surface area contributed by atoms with Crippen molar-refractivity contribution in [3.05, 3.63) is 82.3 Å². The van der Waals surface area contributed by atoms with Crippen molar-refractivity contribution in [3.63, 3.8) is 0 Å². The lowest BCUT2D eigenvalue weighted by atomic mass is 9.98. The highest BCUT2D eigenvalue weighted by atomic mass is 16.5. The Balaban J connectivity index is 2.13. The molecule has 0 aliphatic carbocycles. The maximum Gasteiger partial charge on any atom is 0.255 e. The van der Waals surface area contributed by atoms with E-state index in [4.69, 9.17) is 4.74 Å². The molecule has 3 rings (SSSR count). The standard InChI is InChI=1S/C22H21NO3/c1-4-26-18-10-11-21(15(2)13-18)23-14-17(9-12-22(23)25)20-8-6-5-7-19(20)16(3)24/h5-14H,4H2,1-3H3. The number of ether oxygens (including phenoxy) is 1. The number of carbonyl (C=O) groups excluding carboxylic acids is 1. The van der Waals surface area contributed by atoms with Gasteiger partial charge in [-0.25, -0.2) is 0 Å². The molecule has 3 aromatic rings. The summed E-state index contributed by atoms with van der Waals surface area (Å²) in [7, 11) is 0. The molecule has 0 amide bonds. The van der Waals surface area contributed by atoms with Gasteiger partial charge in [-0.2, -0.15) is 0 Å². The zero-order valence-corrected chi connectivity index (χ0v) is 15.2. The number of pyridine rings is 1. The molecule has 1 aromatic heterocycles. The number of nitrogens with zero attached hydrogens (tertiary/aromatic N) is 1. The van der Waals surface area contributed by atoms with Gasteiger partial charge in [0.15, 0.2) is 5.78 Å². The lowest BCUT2D eigenvalue weighted by Gasteiger charge is -2.14. The van der Waals surface area contributed by atoms with E-state index in [-0.39, 0.29) is 11.3 Å². The van der Waals surface area contributed by atoms with Gasteiger partial charge in [0.1, 0.15) is 5.75 Å². The summed E-state index contributed by atoms with van der Waals surface area (Å²) in [5.74, 6) is 0.774. The molecule has 0 spiro atoms. The molecule has 0 saturated carbocycles.